The van der Waals surface area contributed by atoms with Gasteiger partial charge in [0.15, 0.2) is 5.65 Å². The van der Waals surface area contributed by atoms with Gasteiger partial charge in [-0.3, -0.25) is 9.80 Å². The monoisotopic (exact) mass is 531 g/mol. The van der Waals surface area contributed by atoms with E-state index in [0.29, 0.717) is 24.2 Å². The van der Waals surface area contributed by atoms with Crippen molar-refractivity contribution in [1.82, 2.24) is 29.7 Å². The van der Waals surface area contributed by atoms with Gasteiger partial charge in [0.05, 0.1) is 6.04 Å². The first-order valence-corrected chi connectivity index (χ1v) is 15.2. The lowest BCUT2D eigenvalue weighted by Crippen LogP contribution is -2.55. The highest BCUT2D eigenvalue weighted by Crippen LogP contribution is 2.41. The summed E-state index contributed by atoms with van der Waals surface area (Å²) in [6.07, 6.45) is 6.79. The topological polar surface area (TPSA) is 61.3 Å². The van der Waals surface area contributed by atoms with E-state index in [2.05, 4.69) is 109 Å². The fourth-order valence-corrected chi connectivity index (χ4v) is 7.23. The minimum Gasteiger partial charge on any atom is -0.367 e. The summed E-state index contributed by atoms with van der Waals surface area (Å²) in [6.45, 7) is 12.1. The molecule has 0 radical (unpaired) electrons. The number of anilines is 1. The number of aromatic nitrogens is 3. The van der Waals surface area contributed by atoms with E-state index >= 15 is 0 Å². The standard InChI is InChI=1S/C32H49N7/c1-7-12-28(38-21-23(3)33-24(4)22-38)31-35-27-15-16-29(36-30(27)39(31)8-2)34-26-17-19-32(20-18-26,37(5)6)25-13-10-9-11-14-25/h9-11,13-16,23-24,26,28,33H,7-8,12,17-22H2,1-6H3,(H,34,36)/t23-,24+,26-,28?,32+. The molecule has 1 saturated carbocycles. The molecule has 39 heavy (non-hydrogen) atoms. The van der Waals surface area contributed by atoms with Crippen molar-refractivity contribution in [2.24, 2.45) is 0 Å². The molecule has 1 saturated heterocycles. The zero-order valence-corrected chi connectivity index (χ0v) is 25.0. The maximum Gasteiger partial charge on any atom is 0.162 e. The number of fused-ring (bicyclic) bond motifs is 1. The van der Waals surface area contributed by atoms with Gasteiger partial charge in [-0.05, 0) is 84.7 Å². The highest BCUT2D eigenvalue weighted by molar-refractivity contribution is 5.74. The van der Waals surface area contributed by atoms with Crippen molar-refractivity contribution in [1.29, 1.82) is 0 Å². The highest BCUT2D eigenvalue weighted by atomic mass is 15.3. The van der Waals surface area contributed by atoms with Crippen molar-refractivity contribution in [3.05, 3.63) is 53.9 Å². The van der Waals surface area contributed by atoms with Crippen LogP contribution in [0.3, 0.4) is 0 Å². The van der Waals surface area contributed by atoms with E-state index in [1.165, 1.54) is 11.4 Å². The van der Waals surface area contributed by atoms with E-state index in [9.17, 15) is 0 Å². The molecule has 1 aliphatic heterocycles. The number of hydrogen-bond acceptors (Lipinski definition) is 6. The van der Waals surface area contributed by atoms with E-state index in [1.54, 1.807) is 0 Å². The van der Waals surface area contributed by atoms with E-state index in [1.807, 2.05) is 0 Å². The molecular weight excluding hydrogens is 482 g/mol. The molecule has 3 atom stereocenters. The summed E-state index contributed by atoms with van der Waals surface area (Å²) in [5, 5.41) is 7.49. The SMILES string of the molecule is CCCC(c1nc2ccc(N[C@H]3CC[C@@](c4ccccc4)(N(C)C)CC3)nc2n1CC)N1C[C@@H](C)N[C@@H](C)C1. The normalized spacial score (nSPS) is 27.2. The Labute approximate surface area is 235 Å². The number of hydrogen-bond donors (Lipinski definition) is 2. The average Bonchev–Trinajstić information content (AvgIpc) is 3.29. The van der Waals surface area contributed by atoms with Crippen molar-refractivity contribution in [3.8, 4) is 0 Å². The van der Waals surface area contributed by atoms with Crippen LogP contribution in [0.2, 0.25) is 0 Å². The first kappa shape index (κ1) is 28.1. The van der Waals surface area contributed by atoms with Crippen LogP contribution in [0.15, 0.2) is 42.5 Å². The quantitative estimate of drug-likeness (QED) is 0.365. The van der Waals surface area contributed by atoms with Crippen LogP contribution in [0.4, 0.5) is 5.82 Å². The molecular formula is C32H49N7. The maximum absolute atomic E-state index is 5.19. The Hall–Kier alpha value is -2.48. The number of nitrogens with one attached hydrogen (secondary N) is 2. The molecule has 1 aliphatic carbocycles. The zero-order chi connectivity index (χ0) is 27.6. The van der Waals surface area contributed by atoms with E-state index in [0.717, 1.165) is 75.1 Å². The molecule has 5 rings (SSSR count). The third-order valence-electron chi connectivity index (χ3n) is 9.16. The zero-order valence-electron chi connectivity index (χ0n) is 25.0. The molecule has 2 fully saturated rings. The van der Waals surface area contributed by atoms with Crippen molar-refractivity contribution in [2.45, 2.75) is 102 Å². The summed E-state index contributed by atoms with van der Waals surface area (Å²) in [4.78, 5) is 15.4. The van der Waals surface area contributed by atoms with Gasteiger partial charge in [0.25, 0.3) is 0 Å². The minimum atomic E-state index is 0.111. The molecule has 0 amide bonds. The molecule has 1 aromatic carbocycles. The van der Waals surface area contributed by atoms with Crippen LogP contribution in [-0.4, -0.2) is 69.6 Å². The summed E-state index contributed by atoms with van der Waals surface area (Å²) in [5.74, 6) is 2.15. The second-order valence-corrected chi connectivity index (χ2v) is 12.2. The van der Waals surface area contributed by atoms with Gasteiger partial charge in [-0.15, -0.1) is 0 Å². The van der Waals surface area contributed by atoms with Gasteiger partial charge >= 0.3 is 0 Å². The fourth-order valence-electron chi connectivity index (χ4n) is 7.23. The van der Waals surface area contributed by atoms with E-state index < -0.39 is 0 Å². The van der Waals surface area contributed by atoms with Crippen LogP contribution in [0.1, 0.15) is 83.6 Å². The number of benzene rings is 1. The Kier molecular flexibility index (Phi) is 8.60. The molecule has 212 valence electrons. The maximum atomic E-state index is 5.19. The van der Waals surface area contributed by atoms with Crippen LogP contribution in [-0.2, 0) is 12.1 Å². The fraction of sp³-hybridized carbons (Fsp3) is 0.625. The number of aryl methyl sites for hydroxylation is 1. The minimum absolute atomic E-state index is 0.111. The first-order chi connectivity index (χ1) is 18.8. The highest BCUT2D eigenvalue weighted by Gasteiger charge is 2.39. The van der Waals surface area contributed by atoms with Crippen LogP contribution >= 0.6 is 0 Å². The molecule has 0 bridgehead atoms. The average molecular weight is 532 g/mol. The molecule has 2 N–H and O–H groups in total. The van der Waals surface area contributed by atoms with Crippen LogP contribution in [0, 0.1) is 0 Å². The predicted molar refractivity (Wildman–Crippen MR) is 162 cm³/mol. The van der Waals surface area contributed by atoms with Gasteiger partial charge in [-0.2, -0.15) is 0 Å². The number of nitrogens with zero attached hydrogens (tertiary/aromatic N) is 5. The van der Waals surface area contributed by atoms with Crippen molar-refractivity contribution < 1.29 is 0 Å². The molecule has 3 aromatic rings. The van der Waals surface area contributed by atoms with Crippen molar-refractivity contribution >= 4 is 17.0 Å². The van der Waals surface area contributed by atoms with Gasteiger partial charge in [-0.25, -0.2) is 9.97 Å². The lowest BCUT2D eigenvalue weighted by atomic mass is 9.74. The Morgan fingerprint density at radius 2 is 1.69 bits per heavy atom. The lowest BCUT2D eigenvalue weighted by Gasteiger charge is -2.45. The first-order valence-electron chi connectivity index (χ1n) is 15.2. The summed E-state index contributed by atoms with van der Waals surface area (Å²) in [5.41, 5.74) is 3.56. The molecule has 2 aromatic heterocycles. The van der Waals surface area contributed by atoms with E-state index in [4.69, 9.17) is 9.97 Å². The van der Waals surface area contributed by atoms with Crippen LogP contribution in [0.25, 0.3) is 11.2 Å². The van der Waals surface area contributed by atoms with Gasteiger partial charge < -0.3 is 15.2 Å². The van der Waals surface area contributed by atoms with Crippen molar-refractivity contribution in [3.63, 3.8) is 0 Å². The second-order valence-electron chi connectivity index (χ2n) is 12.2. The smallest absolute Gasteiger partial charge is 0.162 e. The summed E-state index contributed by atoms with van der Waals surface area (Å²) in [6, 6.07) is 17.1. The lowest BCUT2D eigenvalue weighted by molar-refractivity contribution is 0.0944. The van der Waals surface area contributed by atoms with Gasteiger partial charge in [-0.1, -0.05) is 43.7 Å². The van der Waals surface area contributed by atoms with Gasteiger partial charge in [0.2, 0.25) is 0 Å². The third-order valence-corrected chi connectivity index (χ3v) is 9.16. The van der Waals surface area contributed by atoms with Gasteiger partial charge in [0, 0.05) is 43.3 Å². The summed E-state index contributed by atoms with van der Waals surface area (Å²) < 4.78 is 2.37. The second kappa shape index (κ2) is 11.9. The molecule has 2 aliphatic rings. The number of rotatable bonds is 9. The Bertz CT molecular complexity index is 1200. The molecule has 7 nitrogen and oxygen atoms in total. The molecule has 1 unspecified atom stereocenters. The summed E-state index contributed by atoms with van der Waals surface area (Å²) >= 11 is 0. The Morgan fingerprint density at radius 1 is 1.00 bits per heavy atom. The third kappa shape index (κ3) is 5.72. The van der Waals surface area contributed by atoms with Crippen molar-refractivity contribution in [2.75, 3.05) is 32.5 Å². The number of pyridine rings is 1. The molecule has 3 heterocycles. The van der Waals surface area contributed by atoms with E-state index in [-0.39, 0.29) is 5.54 Å². The Morgan fingerprint density at radius 3 is 2.31 bits per heavy atom. The Balaban J connectivity index is 1.35. The number of piperazine rings is 1. The largest absolute Gasteiger partial charge is 0.367 e. The van der Waals surface area contributed by atoms with Gasteiger partial charge in [0.1, 0.15) is 17.2 Å². The predicted octanol–water partition coefficient (Wildman–Crippen LogP) is 5.79. The van der Waals surface area contributed by atoms with Crippen LogP contribution < -0.4 is 10.6 Å². The molecule has 7 heteroatoms. The van der Waals surface area contributed by atoms with Crippen LogP contribution in [0.5, 0.6) is 0 Å². The molecule has 0 spiro atoms. The number of imidazole rings is 1. The summed E-state index contributed by atoms with van der Waals surface area (Å²) in [7, 11) is 4.46.